The number of ether oxygens (including phenoxy) is 2. The van der Waals surface area contributed by atoms with E-state index < -0.39 is 0 Å². The summed E-state index contributed by atoms with van der Waals surface area (Å²) in [5, 5.41) is 0. The highest BCUT2D eigenvalue weighted by atomic mass is 16.7. The Hall–Kier alpha value is -0.120. The summed E-state index contributed by atoms with van der Waals surface area (Å²) in [5.74, 6) is 0.752. The second kappa shape index (κ2) is 4.87. The second-order valence-electron chi connectivity index (χ2n) is 6.06. The Kier molecular flexibility index (Phi) is 3.42. The molecule has 3 fully saturated rings. The van der Waals surface area contributed by atoms with Crippen molar-refractivity contribution in [1.82, 2.24) is 4.90 Å². The van der Waals surface area contributed by atoms with E-state index in [1.807, 2.05) is 0 Å². The van der Waals surface area contributed by atoms with Crippen LogP contribution in [0.25, 0.3) is 0 Å². The van der Waals surface area contributed by atoms with Crippen molar-refractivity contribution in [3.05, 3.63) is 0 Å². The van der Waals surface area contributed by atoms with Gasteiger partial charge < -0.3 is 9.47 Å². The summed E-state index contributed by atoms with van der Waals surface area (Å²) in [5.41, 5.74) is 0. The van der Waals surface area contributed by atoms with E-state index >= 15 is 0 Å². The van der Waals surface area contributed by atoms with Gasteiger partial charge in [-0.2, -0.15) is 0 Å². The zero-order valence-electron chi connectivity index (χ0n) is 11.0. The highest BCUT2D eigenvalue weighted by molar-refractivity contribution is 4.87. The summed E-state index contributed by atoms with van der Waals surface area (Å²) >= 11 is 0. The third kappa shape index (κ3) is 2.51. The molecule has 2 aliphatic heterocycles. The first-order valence-corrected chi connectivity index (χ1v) is 7.29. The molecule has 0 bridgehead atoms. The molecule has 98 valence electrons. The molecule has 3 heteroatoms. The lowest BCUT2D eigenvalue weighted by Crippen LogP contribution is -2.49. The van der Waals surface area contributed by atoms with E-state index in [2.05, 4.69) is 11.8 Å². The van der Waals surface area contributed by atoms with Gasteiger partial charge in [-0.1, -0.05) is 6.92 Å². The molecule has 17 heavy (non-hydrogen) atoms. The largest absolute Gasteiger partial charge is 0.347 e. The van der Waals surface area contributed by atoms with Gasteiger partial charge in [-0.15, -0.1) is 0 Å². The van der Waals surface area contributed by atoms with Gasteiger partial charge in [0.2, 0.25) is 0 Å². The lowest BCUT2D eigenvalue weighted by atomic mass is 9.85. The molecule has 1 saturated carbocycles. The van der Waals surface area contributed by atoms with Crippen LogP contribution in [0.4, 0.5) is 0 Å². The predicted octanol–water partition coefficient (Wildman–Crippen LogP) is 2.40. The molecule has 1 aliphatic carbocycles. The van der Waals surface area contributed by atoms with E-state index in [9.17, 15) is 0 Å². The lowest BCUT2D eigenvalue weighted by Gasteiger charge is -2.43. The first kappa shape index (κ1) is 11.9. The molecular weight excluding hydrogens is 214 g/mol. The van der Waals surface area contributed by atoms with Crippen LogP contribution in [0.1, 0.15) is 45.4 Å². The average Bonchev–Trinajstić information content (AvgIpc) is 2.80. The van der Waals surface area contributed by atoms with Crippen LogP contribution in [0.2, 0.25) is 0 Å². The molecule has 0 unspecified atom stereocenters. The van der Waals surface area contributed by atoms with Gasteiger partial charge in [0.25, 0.3) is 0 Å². The third-order valence-corrected chi connectivity index (χ3v) is 4.88. The minimum absolute atomic E-state index is 0.196. The van der Waals surface area contributed by atoms with Gasteiger partial charge in [0.1, 0.15) is 0 Å². The van der Waals surface area contributed by atoms with Crippen molar-refractivity contribution in [2.45, 2.75) is 57.3 Å². The number of hydrogen-bond acceptors (Lipinski definition) is 3. The minimum atomic E-state index is -0.196. The molecular formula is C14H25NO2. The van der Waals surface area contributed by atoms with Crippen molar-refractivity contribution in [3.8, 4) is 0 Å². The van der Waals surface area contributed by atoms with Gasteiger partial charge in [-0.05, 0) is 31.6 Å². The van der Waals surface area contributed by atoms with Crippen molar-refractivity contribution in [2.24, 2.45) is 5.92 Å². The van der Waals surface area contributed by atoms with E-state index in [0.29, 0.717) is 0 Å². The smallest absolute Gasteiger partial charge is 0.170 e. The van der Waals surface area contributed by atoms with Crippen molar-refractivity contribution < 1.29 is 9.47 Å². The summed E-state index contributed by atoms with van der Waals surface area (Å²) < 4.78 is 11.6. The Labute approximate surface area is 104 Å². The number of rotatable bonds is 1. The molecule has 0 amide bonds. The number of piperidine rings is 1. The SMILES string of the molecule is CC1CCC(N2CCC3(CC2)OCCO3)CC1. The normalized spacial score (nSPS) is 38.6. The molecule has 3 aliphatic rings. The van der Waals surface area contributed by atoms with Crippen LogP contribution in [0.15, 0.2) is 0 Å². The van der Waals surface area contributed by atoms with Crippen molar-refractivity contribution in [3.63, 3.8) is 0 Å². The maximum Gasteiger partial charge on any atom is 0.170 e. The Bertz CT molecular complexity index is 245. The third-order valence-electron chi connectivity index (χ3n) is 4.88. The Morgan fingerprint density at radius 3 is 2.12 bits per heavy atom. The van der Waals surface area contributed by atoms with Gasteiger partial charge in [-0.25, -0.2) is 0 Å². The van der Waals surface area contributed by atoms with E-state index in [0.717, 1.165) is 38.0 Å². The predicted molar refractivity (Wildman–Crippen MR) is 66.9 cm³/mol. The monoisotopic (exact) mass is 239 g/mol. The Balaban J connectivity index is 1.51. The van der Waals surface area contributed by atoms with Gasteiger partial charge in [-0.3, -0.25) is 4.90 Å². The second-order valence-corrected chi connectivity index (χ2v) is 6.06. The molecule has 0 radical (unpaired) electrons. The molecule has 3 rings (SSSR count). The van der Waals surface area contributed by atoms with E-state index in [1.165, 1.54) is 38.8 Å². The minimum Gasteiger partial charge on any atom is -0.347 e. The highest BCUT2D eigenvalue weighted by Gasteiger charge is 2.41. The number of hydrogen-bond donors (Lipinski definition) is 0. The standard InChI is InChI=1S/C14H25NO2/c1-12-2-4-13(5-3-12)15-8-6-14(7-9-15)16-10-11-17-14/h12-13H,2-11H2,1H3. The topological polar surface area (TPSA) is 21.7 Å². The van der Waals surface area contributed by atoms with E-state index in [1.54, 1.807) is 0 Å². The number of nitrogens with zero attached hydrogens (tertiary/aromatic N) is 1. The van der Waals surface area contributed by atoms with Gasteiger partial charge in [0.15, 0.2) is 5.79 Å². The first-order valence-electron chi connectivity index (χ1n) is 7.29. The summed E-state index contributed by atoms with van der Waals surface area (Å²) in [7, 11) is 0. The molecule has 1 spiro atoms. The quantitative estimate of drug-likeness (QED) is 0.701. The van der Waals surface area contributed by atoms with Crippen molar-refractivity contribution >= 4 is 0 Å². The van der Waals surface area contributed by atoms with Gasteiger partial charge >= 0.3 is 0 Å². The maximum absolute atomic E-state index is 5.79. The van der Waals surface area contributed by atoms with Crippen LogP contribution in [0.3, 0.4) is 0 Å². The molecule has 2 heterocycles. The molecule has 3 nitrogen and oxygen atoms in total. The van der Waals surface area contributed by atoms with Crippen LogP contribution in [-0.4, -0.2) is 43.0 Å². The first-order chi connectivity index (χ1) is 8.27. The van der Waals surface area contributed by atoms with Crippen LogP contribution < -0.4 is 0 Å². The molecule has 0 aromatic rings. The molecule has 2 saturated heterocycles. The fourth-order valence-electron chi connectivity index (χ4n) is 3.62. The van der Waals surface area contributed by atoms with Gasteiger partial charge in [0.05, 0.1) is 13.2 Å². The summed E-state index contributed by atoms with van der Waals surface area (Å²) in [6.07, 6.45) is 7.77. The fourth-order valence-corrected chi connectivity index (χ4v) is 3.62. The summed E-state index contributed by atoms with van der Waals surface area (Å²) in [6, 6.07) is 0.838. The fraction of sp³-hybridized carbons (Fsp3) is 1.00. The zero-order valence-corrected chi connectivity index (χ0v) is 11.0. The molecule has 0 aromatic heterocycles. The van der Waals surface area contributed by atoms with Crippen LogP contribution in [-0.2, 0) is 9.47 Å². The maximum atomic E-state index is 5.79. The Morgan fingerprint density at radius 1 is 0.941 bits per heavy atom. The van der Waals surface area contributed by atoms with E-state index in [4.69, 9.17) is 9.47 Å². The zero-order chi connectivity index (χ0) is 11.7. The van der Waals surface area contributed by atoms with Crippen molar-refractivity contribution in [2.75, 3.05) is 26.3 Å². The highest BCUT2D eigenvalue weighted by Crippen LogP contribution is 2.35. The van der Waals surface area contributed by atoms with E-state index in [-0.39, 0.29) is 5.79 Å². The van der Waals surface area contributed by atoms with Crippen LogP contribution in [0.5, 0.6) is 0 Å². The summed E-state index contributed by atoms with van der Waals surface area (Å²) in [6.45, 7) is 6.31. The van der Waals surface area contributed by atoms with Crippen LogP contribution in [0, 0.1) is 5.92 Å². The average molecular weight is 239 g/mol. The Morgan fingerprint density at radius 2 is 1.53 bits per heavy atom. The van der Waals surface area contributed by atoms with Crippen molar-refractivity contribution in [1.29, 1.82) is 0 Å². The summed E-state index contributed by atoms with van der Waals surface area (Å²) in [4.78, 5) is 2.68. The molecule has 0 aromatic carbocycles. The number of likely N-dealkylation sites (tertiary alicyclic amines) is 1. The van der Waals surface area contributed by atoms with Crippen LogP contribution >= 0.6 is 0 Å². The lowest BCUT2D eigenvalue weighted by molar-refractivity contribution is -0.188. The van der Waals surface area contributed by atoms with Gasteiger partial charge in [0, 0.05) is 32.0 Å². The molecule has 0 N–H and O–H groups in total. The molecule has 0 atom stereocenters.